The van der Waals surface area contributed by atoms with E-state index in [9.17, 15) is 4.39 Å². The molecular weight excluding hydrogens is 177 g/mol. The van der Waals surface area contributed by atoms with Gasteiger partial charge >= 0.3 is 0 Å². The lowest BCUT2D eigenvalue weighted by Gasteiger charge is -2.28. The Morgan fingerprint density at radius 2 is 2.07 bits per heavy atom. The monoisotopic (exact) mass is 193 g/mol. The van der Waals surface area contributed by atoms with Crippen molar-refractivity contribution in [2.24, 2.45) is 5.92 Å². The van der Waals surface area contributed by atoms with Crippen LogP contribution in [0.5, 0.6) is 0 Å². The zero-order valence-electron chi connectivity index (χ0n) is 8.46. The molecule has 2 heteroatoms. The second-order valence-electron chi connectivity index (χ2n) is 4.16. The minimum Gasteiger partial charge on any atom is -0.310 e. The van der Waals surface area contributed by atoms with Crippen LogP contribution in [-0.2, 0) is 0 Å². The van der Waals surface area contributed by atoms with Crippen LogP contribution in [0.4, 0.5) is 4.39 Å². The molecular formula is C12H16FN. The molecule has 0 aliphatic carbocycles. The van der Waals surface area contributed by atoms with Crippen molar-refractivity contribution in [2.75, 3.05) is 6.54 Å². The maximum absolute atomic E-state index is 13.4. The van der Waals surface area contributed by atoms with Crippen molar-refractivity contribution in [3.8, 4) is 0 Å². The maximum atomic E-state index is 13.4. The van der Waals surface area contributed by atoms with E-state index in [1.54, 1.807) is 6.07 Å². The number of hydrogen-bond acceptors (Lipinski definition) is 1. The summed E-state index contributed by atoms with van der Waals surface area (Å²) < 4.78 is 13.4. The van der Waals surface area contributed by atoms with Gasteiger partial charge in [0.25, 0.3) is 0 Å². The summed E-state index contributed by atoms with van der Waals surface area (Å²) in [5.74, 6) is 0.637. The predicted octanol–water partition coefficient (Wildman–Crippen LogP) is 2.89. The molecule has 1 aromatic rings. The zero-order valence-corrected chi connectivity index (χ0v) is 8.46. The first-order valence-electron chi connectivity index (χ1n) is 5.25. The number of nitrogens with one attached hydrogen (secondary N) is 1. The van der Waals surface area contributed by atoms with Gasteiger partial charge in [-0.3, -0.25) is 0 Å². The van der Waals surface area contributed by atoms with E-state index in [4.69, 9.17) is 0 Å². The lowest BCUT2D eigenvalue weighted by molar-refractivity contribution is 0.327. The smallest absolute Gasteiger partial charge is 0.127 e. The molecule has 1 heterocycles. The van der Waals surface area contributed by atoms with Crippen LogP contribution < -0.4 is 5.32 Å². The molecule has 1 fully saturated rings. The Kier molecular flexibility index (Phi) is 2.82. The molecule has 1 saturated heterocycles. The summed E-state index contributed by atoms with van der Waals surface area (Å²) >= 11 is 0. The highest BCUT2D eigenvalue weighted by molar-refractivity contribution is 5.21. The van der Waals surface area contributed by atoms with E-state index in [0.717, 1.165) is 24.4 Å². The molecule has 1 nitrogen and oxygen atoms in total. The van der Waals surface area contributed by atoms with Gasteiger partial charge in [0.05, 0.1) is 0 Å². The van der Waals surface area contributed by atoms with E-state index < -0.39 is 0 Å². The van der Waals surface area contributed by atoms with Gasteiger partial charge in [0.2, 0.25) is 0 Å². The maximum Gasteiger partial charge on any atom is 0.127 e. The highest BCUT2D eigenvalue weighted by atomic mass is 19.1. The van der Waals surface area contributed by atoms with Gasteiger partial charge < -0.3 is 5.32 Å². The molecule has 1 aliphatic rings. The summed E-state index contributed by atoms with van der Waals surface area (Å²) in [7, 11) is 0. The van der Waals surface area contributed by atoms with E-state index >= 15 is 0 Å². The van der Waals surface area contributed by atoms with Crippen molar-refractivity contribution in [3.63, 3.8) is 0 Å². The van der Waals surface area contributed by atoms with Crippen LogP contribution >= 0.6 is 0 Å². The summed E-state index contributed by atoms with van der Waals surface area (Å²) in [5.41, 5.74) is 0.819. The normalized spacial score (nSPS) is 27.6. The highest BCUT2D eigenvalue weighted by Crippen LogP contribution is 2.26. The van der Waals surface area contributed by atoms with Gasteiger partial charge in [-0.1, -0.05) is 25.1 Å². The van der Waals surface area contributed by atoms with Crippen molar-refractivity contribution in [1.82, 2.24) is 5.32 Å². The standard InChI is InChI=1S/C12H16FN/c1-9-6-7-12(14-8-9)10-4-2-3-5-11(10)13/h2-5,9,12,14H,6-8H2,1H3/t9-,12-/m0/s1. The summed E-state index contributed by atoms with van der Waals surface area (Å²) in [6.07, 6.45) is 2.23. The average Bonchev–Trinajstić information content (AvgIpc) is 2.20. The van der Waals surface area contributed by atoms with Crippen molar-refractivity contribution in [2.45, 2.75) is 25.8 Å². The number of hydrogen-bond donors (Lipinski definition) is 1. The summed E-state index contributed by atoms with van der Waals surface area (Å²) in [5, 5.41) is 3.39. The van der Waals surface area contributed by atoms with Crippen LogP contribution in [-0.4, -0.2) is 6.54 Å². The molecule has 0 aromatic heterocycles. The largest absolute Gasteiger partial charge is 0.310 e. The Labute approximate surface area is 84.3 Å². The molecule has 0 unspecified atom stereocenters. The minimum absolute atomic E-state index is 0.0837. The van der Waals surface area contributed by atoms with E-state index in [0.29, 0.717) is 0 Å². The number of benzene rings is 1. The summed E-state index contributed by atoms with van der Waals surface area (Å²) in [6.45, 7) is 3.23. The topological polar surface area (TPSA) is 12.0 Å². The third-order valence-electron chi connectivity index (χ3n) is 2.94. The molecule has 0 bridgehead atoms. The van der Waals surface area contributed by atoms with Gasteiger partial charge in [-0.25, -0.2) is 4.39 Å². The van der Waals surface area contributed by atoms with Crippen molar-refractivity contribution < 1.29 is 4.39 Å². The number of piperidine rings is 1. The van der Waals surface area contributed by atoms with Gasteiger partial charge in [0, 0.05) is 11.6 Å². The first kappa shape index (κ1) is 9.66. The van der Waals surface area contributed by atoms with Crippen LogP contribution in [0.3, 0.4) is 0 Å². The van der Waals surface area contributed by atoms with Crippen LogP contribution in [0, 0.1) is 11.7 Å². The Hall–Kier alpha value is -0.890. The predicted molar refractivity (Wildman–Crippen MR) is 55.5 cm³/mol. The second kappa shape index (κ2) is 4.09. The van der Waals surface area contributed by atoms with Crippen molar-refractivity contribution >= 4 is 0 Å². The molecule has 76 valence electrons. The first-order chi connectivity index (χ1) is 6.77. The zero-order chi connectivity index (χ0) is 9.97. The Morgan fingerprint density at radius 3 is 2.71 bits per heavy atom. The average molecular weight is 193 g/mol. The minimum atomic E-state index is -0.0837. The van der Waals surface area contributed by atoms with Crippen LogP contribution in [0.15, 0.2) is 24.3 Å². The molecule has 0 saturated carbocycles. The first-order valence-corrected chi connectivity index (χ1v) is 5.25. The fraction of sp³-hybridized carbons (Fsp3) is 0.500. The number of halogens is 1. The molecule has 1 N–H and O–H groups in total. The van der Waals surface area contributed by atoms with Gasteiger partial charge in [0.15, 0.2) is 0 Å². The molecule has 1 aliphatic heterocycles. The lowest BCUT2D eigenvalue weighted by atomic mass is 9.92. The molecule has 0 radical (unpaired) electrons. The van der Waals surface area contributed by atoms with Crippen LogP contribution in [0.2, 0.25) is 0 Å². The van der Waals surface area contributed by atoms with Crippen molar-refractivity contribution in [3.05, 3.63) is 35.6 Å². The summed E-state index contributed by atoms with van der Waals surface area (Å²) in [6, 6.07) is 7.27. The van der Waals surface area contributed by atoms with E-state index in [2.05, 4.69) is 12.2 Å². The van der Waals surface area contributed by atoms with Gasteiger partial charge in [-0.15, -0.1) is 0 Å². The Bertz CT molecular complexity index is 303. The Balaban J connectivity index is 2.12. The van der Waals surface area contributed by atoms with Gasteiger partial charge in [0.1, 0.15) is 5.82 Å². The SMILES string of the molecule is C[C@H]1CC[C@@H](c2ccccc2F)NC1. The second-order valence-corrected chi connectivity index (χ2v) is 4.16. The lowest BCUT2D eigenvalue weighted by Crippen LogP contribution is -2.32. The Morgan fingerprint density at radius 1 is 1.29 bits per heavy atom. The van der Waals surface area contributed by atoms with E-state index in [1.165, 1.54) is 12.5 Å². The van der Waals surface area contributed by atoms with E-state index in [-0.39, 0.29) is 11.9 Å². The number of rotatable bonds is 1. The fourth-order valence-electron chi connectivity index (χ4n) is 2.02. The molecule has 1 aromatic carbocycles. The molecule has 14 heavy (non-hydrogen) atoms. The van der Waals surface area contributed by atoms with Gasteiger partial charge in [-0.05, 0) is 31.4 Å². The van der Waals surface area contributed by atoms with Crippen LogP contribution in [0.1, 0.15) is 31.4 Å². The summed E-state index contributed by atoms with van der Waals surface area (Å²) in [4.78, 5) is 0. The molecule has 0 amide bonds. The third kappa shape index (κ3) is 1.95. The third-order valence-corrected chi connectivity index (χ3v) is 2.94. The molecule has 2 rings (SSSR count). The van der Waals surface area contributed by atoms with E-state index in [1.807, 2.05) is 12.1 Å². The quantitative estimate of drug-likeness (QED) is 0.723. The van der Waals surface area contributed by atoms with Crippen molar-refractivity contribution in [1.29, 1.82) is 0 Å². The molecule has 2 atom stereocenters. The molecule has 0 spiro atoms. The van der Waals surface area contributed by atoms with Crippen LogP contribution in [0.25, 0.3) is 0 Å². The fourth-order valence-corrected chi connectivity index (χ4v) is 2.02. The highest BCUT2D eigenvalue weighted by Gasteiger charge is 2.20. The van der Waals surface area contributed by atoms with Gasteiger partial charge in [-0.2, -0.15) is 0 Å².